The normalized spacial score (nSPS) is 12.0. The summed E-state index contributed by atoms with van der Waals surface area (Å²) in [6, 6.07) is 40.9. The molecule has 1 atom stereocenters. The van der Waals surface area contributed by atoms with Gasteiger partial charge in [0.2, 0.25) is 0 Å². The summed E-state index contributed by atoms with van der Waals surface area (Å²) in [7, 11) is 1.33. The van der Waals surface area contributed by atoms with Crippen molar-refractivity contribution >= 4 is 28.7 Å². The number of ether oxygens (including phenoxy) is 1. The number of pyridine rings is 1. The average Bonchev–Trinajstić information content (AvgIpc) is 3.45. The Morgan fingerprint density at radius 2 is 1.27 bits per heavy atom. The number of amides is 2. The minimum absolute atomic E-state index is 0.121. The fraction of sp³-hybridized carbons (Fsp3) is 0.111. The van der Waals surface area contributed by atoms with Crippen molar-refractivity contribution in [1.29, 1.82) is 0 Å². The Balaban J connectivity index is 1.55. The van der Waals surface area contributed by atoms with Gasteiger partial charge < -0.3 is 10.1 Å². The highest BCUT2D eigenvalue weighted by Gasteiger charge is 2.41. The zero-order chi connectivity index (χ0) is 30.5. The van der Waals surface area contributed by atoms with Gasteiger partial charge in [0.15, 0.2) is 5.69 Å². The van der Waals surface area contributed by atoms with Gasteiger partial charge in [-0.2, -0.15) is 5.10 Å². The second-order valence-electron chi connectivity index (χ2n) is 10.4. The highest BCUT2D eigenvalue weighted by molar-refractivity contribution is 6.03. The van der Waals surface area contributed by atoms with Gasteiger partial charge in [-0.05, 0) is 29.2 Å². The van der Waals surface area contributed by atoms with Crippen LogP contribution in [0.2, 0.25) is 0 Å². The van der Waals surface area contributed by atoms with E-state index in [1.807, 2.05) is 133 Å². The van der Waals surface area contributed by atoms with Crippen LogP contribution in [-0.4, -0.2) is 33.9 Å². The molecular formula is C36H31N5O3. The molecule has 0 fully saturated rings. The van der Waals surface area contributed by atoms with E-state index in [4.69, 9.17) is 9.84 Å². The first-order chi connectivity index (χ1) is 21.5. The molecule has 8 nitrogen and oxygen atoms in total. The molecule has 8 heteroatoms. The molecule has 0 spiro atoms. The van der Waals surface area contributed by atoms with Crippen molar-refractivity contribution in [2.75, 3.05) is 12.4 Å². The maximum atomic E-state index is 13.1. The predicted molar refractivity (Wildman–Crippen MR) is 170 cm³/mol. The van der Waals surface area contributed by atoms with Crippen molar-refractivity contribution in [2.45, 2.75) is 18.5 Å². The molecule has 2 amide bonds. The number of aromatic nitrogens is 3. The lowest BCUT2D eigenvalue weighted by Gasteiger charge is -2.37. The molecule has 0 unspecified atom stereocenters. The van der Waals surface area contributed by atoms with Gasteiger partial charge in [0, 0.05) is 12.3 Å². The summed E-state index contributed by atoms with van der Waals surface area (Å²) in [4.78, 5) is 30.7. The lowest BCUT2D eigenvalue weighted by atomic mass is 9.77. The molecule has 0 aliphatic heterocycles. The van der Waals surface area contributed by atoms with Gasteiger partial charge in [0.05, 0.1) is 24.1 Å². The molecular weight excluding hydrogens is 550 g/mol. The lowest BCUT2D eigenvalue weighted by molar-refractivity contribution is 0.0594. The third kappa shape index (κ3) is 5.18. The van der Waals surface area contributed by atoms with E-state index >= 15 is 0 Å². The molecule has 0 saturated heterocycles. The van der Waals surface area contributed by atoms with E-state index in [0.717, 1.165) is 22.3 Å². The highest BCUT2D eigenvalue weighted by Crippen LogP contribution is 2.43. The van der Waals surface area contributed by atoms with E-state index < -0.39 is 17.5 Å². The summed E-state index contributed by atoms with van der Waals surface area (Å²) >= 11 is 0. The van der Waals surface area contributed by atoms with Crippen molar-refractivity contribution in [3.63, 3.8) is 0 Å². The van der Waals surface area contributed by atoms with Crippen LogP contribution in [0.4, 0.5) is 10.6 Å². The van der Waals surface area contributed by atoms with Crippen molar-refractivity contribution in [3.05, 3.63) is 162 Å². The third-order valence-corrected chi connectivity index (χ3v) is 7.73. The van der Waals surface area contributed by atoms with E-state index in [-0.39, 0.29) is 11.7 Å². The summed E-state index contributed by atoms with van der Waals surface area (Å²) in [6.07, 6.45) is 1.55. The van der Waals surface area contributed by atoms with Crippen molar-refractivity contribution in [2.24, 2.45) is 0 Å². The van der Waals surface area contributed by atoms with E-state index in [2.05, 4.69) is 15.6 Å². The Labute approximate surface area is 255 Å². The quantitative estimate of drug-likeness (QED) is 0.150. The van der Waals surface area contributed by atoms with E-state index in [0.29, 0.717) is 16.7 Å². The van der Waals surface area contributed by atoms with Crippen LogP contribution in [0.3, 0.4) is 0 Å². The molecule has 4 aromatic carbocycles. The van der Waals surface area contributed by atoms with Crippen LogP contribution in [-0.2, 0) is 10.3 Å². The minimum atomic E-state index is -1.00. The Hall–Kier alpha value is -5.76. The monoisotopic (exact) mass is 581 g/mol. The SMILES string of the molecule is COC(=O)c1nn(C(c2ccccc2)(c2ccccc2)c2ccccc2)c2cc(NC(=O)N[C@H](C)c3ccccc3)ncc12. The molecule has 2 aromatic heterocycles. The van der Waals surface area contributed by atoms with Crippen LogP contribution in [0.5, 0.6) is 0 Å². The summed E-state index contributed by atoms with van der Waals surface area (Å²) in [5, 5.41) is 11.3. The van der Waals surface area contributed by atoms with Crippen LogP contribution >= 0.6 is 0 Å². The fourth-order valence-electron chi connectivity index (χ4n) is 5.66. The molecule has 0 radical (unpaired) electrons. The molecule has 2 heterocycles. The number of nitrogens with one attached hydrogen (secondary N) is 2. The number of methoxy groups -OCH3 is 1. The first-order valence-electron chi connectivity index (χ1n) is 14.3. The number of rotatable bonds is 8. The summed E-state index contributed by atoms with van der Waals surface area (Å²) in [5.41, 5.74) is 3.47. The lowest BCUT2D eigenvalue weighted by Crippen LogP contribution is -2.38. The summed E-state index contributed by atoms with van der Waals surface area (Å²) in [6.45, 7) is 1.91. The van der Waals surface area contributed by atoms with E-state index in [1.165, 1.54) is 7.11 Å². The molecule has 6 rings (SSSR count). The van der Waals surface area contributed by atoms with E-state index in [9.17, 15) is 9.59 Å². The second-order valence-corrected chi connectivity index (χ2v) is 10.4. The van der Waals surface area contributed by atoms with Gasteiger partial charge in [0.25, 0.3) is 0 Å². The fourth-order valence-corrected chi connectivity index (χ4v) is 5.66. The van der Waals surface area contributed by atoms with Gasteiger partial charge in [-0.3, -0.25) is 5.32 Å². The molecule has 44 heavy (non-hydrogen) atoms. The van der Waals surface area contributed by atoms with Crippen LogP contribution in [0.15, 0.2) is 134 Å². The number of esters is 1. The maximum Gasteiger partial charge on any atom is 0.359 e. The standard InChI is InChI=1S/C36H31N5O3/c1-25(26-15-7-3-8-16-26)38-35(43)39-32-23-31-30(24-37-32)33(34(42)44-2)40-41(31)36(27-17-9-4-10-18-27,28-19-11-5-12-20-28)29-21-13-6-14-22-29/h3-25H,1-2H3,(H2,37,38,39,43)/t25-/m1/s1. The Bertz CT molecular complexity index is 1800. The number of nitrogens with zero attached hydrogens (tertiary/aromatic N) is 3. The van der Waals surface area contributed by atoms with Gasteiger partial charge >= 0.3 is 12.0 Å². The van der Waals surface area contributed by atoms with Crippen LogP contribution in [0, 0.1) is 0 Å². The molecule has 6 aromatic rings. The molecule has 218 valence electrons. The number of urea groups is 1. The van der Waals surface area contributed by atoms with E-state index in [1.54, 1.807) is 12.3 Å². The Kier molecular flexibility index (Phi) is 7.88. The first kappa shape index (κ1) is 28.4. The second kappa shape index (κ2) is 12.2. The van der Waals surface area contributed by atoms with Crippen molar-refractivity contribution in [3.8, 4) is 0 Å². The van der Waals surface area contributed by atoms with Crippen molar-refractivity contribution in [1.82, 2.24) is 20.1 Å². The van der Waals surface area contributed by atoms with Gasteiger partial charge in [-0.1, -0.05) is 121 Å². The zero-order valence-electron chi connectivity index (χ0n) is 24.3. The number of anilines is 1. The van der Waals surface area contributed by atoms with Gasteiger partial charge in [0.1, 0.15) is 11.4 Å². The number of carbonyl (C=O) groups excluding carboxylic acids is 2. The third-order valence-electron chi connectivity index (χ3n) is 7.73. The summed E-state index contributed by atoms with van der Waals surface area (Å²) in [5.74, 6) is -0.287. The molecule has 0 aliphatic carbocycles. The topological polar surface area (TPSA) is 98.1 Å². The molecule has 2 N–H and O–H groups in total. The molecule has 0 bridgehead atoms. The molecule has 0 saturated carbocycles. The largest absolute Gasteiger partial charge is 0.464 e. The number of carbonyl (C=O) groups is 2. The first-order valence-corrected chi connectivity index (χ1v) is 14.3. The maximum absolute atomic E-state index is 13.1. The number of benzene rings is 4. The Morgan fingerprint density at radius 1 is 0.773 bits per heavy atom. The summed E-state index contributed by atoms with van der Waals surface area (Å²) < 4.78 is 6.99. The minimum Gasteiger partial charge on any atom is -0.464 e. The predicted octanol–water partition coefficient (Wildman–Crippen LogP) is 6.94. The van der Waals surface area contributed by atoms with Gasteiger partial charge in [-0.25, -0.2) is 19.3 Å². The van der Waals surface area contributed by atoms with Crippen LogP contribution in [0.25, 0.3) is 10.9 Å². The smallest absolute Gasteiger partial charge is 0.359 e. The van der Waals surface area contributed by atoms with Crippen LogP contribution in [0.1, 0.15) is 45.7 Å². The van der Waals surface area contributed by atoms with Crippen molar-refractivity contribution < 1.29 is 14.3 Å². The van der Waals surface area contributed by atoms with Crippen LogP contribution < -0.4 is 10.6 Å². The Morgan fingerprint density at radius 3 is 1.77 bits per heavy atom. The zero-order valence-corrected chi connectivity index (χ0v) is 24.3. The number of hydrogen-bond donors (Lipinski definition) is 2. The number of hydrogen-bond acceptors (Lipinski definition) is 5. The van der Waals surface area contributed by atoms with Gasteiger partial charge in [-0.15, -0.1) is 0 Å². The number of fused-ring (bicyclic) bond motifs is 1. The highest BCUT2D eigenvalue weighted by atomic mass is 16.5. The molecule has 0 aliphatic rings. The average molecular weight is 582 g/mol.